The van der Waals surface area contributed by atoms with Gasteiger partial charge in [-0.1, -0.05) is 30.3 Å². The van der Waals surface area contributed by atoms with E-state index < -0.39 is 0 Å². The predicted octanol–water partition coefficient (Wildman–Crippen LogP) is 2.78. The van der Waals surface area contributed by atoms with Crippen molar-refractivity contribution < 1.29 is 4.74 Å². The van der Waals surface area contributed by atoms with E-state index in [1.807, 2.05) is 22.9 Å². The second-order valence-corrected chi connectivity index (χ2v) is 5.98. The molecule has 6 heteroatoms. The fourth-order valence-electron chi connectivity index (χ4n) is 2.83. The second kappa shape index (κ2) is 6.73. The number of rotatable bonds is 4. The van der Waals surface area contributed by atoms with Gasteiger partial charge in [0.2, 0.25) is 0 Å². The maximum atomic E-state index is 5.62. The Kier molecular flexibility index (Phi) is 4.71. The van der Waals surface area contributed by atoms with E-state index in [0.717, 1.165) is 49.1 Å². The molecule has 1 fully saturated rings. The van der Waals surface area contributed by atoms with Crippen molar-refractivity contribution in [1.29, 1.82) is 0 Å². The molecule has 22 heavy (non-hydrogen) atoms. The molecule has 1 aromatic carbocycles. The summed E-state index contributed by atoms with van der Waals surface area (Å²) in [5.41, 5.74) is 1.10. The minimum atomic E-state index is 0.268. The van der Waals surface area contributed by atoms with Gasteiger partial charge in [-0.3, -0.25) is 4.90 Å². The molecule has 0 radical (unpaired) electrons. The van der Waals surface area contributed by atoms with Gasteiger partial charge in [0.1, 0.15) is 0 Å². The molecule has 3 rings (SSSR count). The number of benzene rings is 1. The zero-order valence-electron chi connectivity index (χ0n) is 13.1. The molecule has 1 saturated heterocycles. The summed E-state index contributed by atoms with van der Waals surface area (Å²) in [7, 11) is 0. The molecule has 0 unspecified atom stereocenters. The molecule has 118 valence electrons. The molecule has 1 aromatic heterocycles. The fourth-order valence-corrected chi connectivity index (χ4v) is 3.14. The number of nitrogens with zero attached hydrogens (tertiary/aromatic N) is 4. The van der Waals surface area contributed by atoms with E-state index in [2.05, 4.69) is 35.4 Å². The van der Waals surface area contributed by atoms with Gasteiger partial charge < -0.3 is 9.30 Å². The topological polar surface area (TPSA) is 35.2 Å². The maximum absolute atomic E-state index is 5.62. The number of hydrogen-bond acceptors (Lipinski definition) is 4. The third kappa shape index (κ3) is 3.14. The van der Waals surface area contributed by atoms with Gasteiger partial charge >= 0.3 is 0 Å². The van der Waals surface area contributed by atoms with Crippen LogP contribution in [0.25, 0.3) is 11.4 Å². The van der Waals surface area contributed by atoms with Crippen LogP contribution in [-0.4, -0.2) is 45.0 Å². The number of ether oxygens (including phenoxy) is 1. The van der Waals surface area contributed by atoms with Crippen LogP contribution in [0.2, 0.25) is 0 Å². The monoisotopic (exact) mass is 318 g/mol. The largest absolute Gasteiger partial charge is 0.376 e. The first-order chi connectivity index (χ1) is 10.7. The fraction of sp³-hybridized carbons (Fsp3) is 0.500. The highest BCUT2D eigenvalue weighted by Crippen LogP contribution is 2.18. The molecule has 1 aliphatic heterocycles. The highest BCUT2D eigenvalue weighted by molar-refractivity contribution is 7.71. The minimum Gasteiger partial charge on any atom is -0.376 e. The smallest absolute Gasteiger partial charge is 0.199 e. The normalized spacial score (nSPS) is 19.5. The Labute approximate surface area is 136 Å². The van der Waals surface area contributed by atoms with E-state index in [1.165, 1.54) is 0 Å². The van der Waals surface area contributed by atoms with E-state index in [4.69, 9.17) is 22.1 Å². The highest BCUT2D eigenvalue weighted by atomic mass is 32.1. The molecule has 2 aromatic rings. The van der Waals surface area contributed by atoms with Crippen LogP contribution in [0.3, 0.4) is 0 Å². The molecule has 0 saturated carbocycles. The Bertz CT molecular complexity index is 679. The minimum absolute atomic E-state index is 0.268. The van der Waals surface area contributed by atoms with Crippen LogP contribution >= 0.6 is 12.2 Å². The SMILES string of the molecule is CCn1c(-c2ccccc2)nn(CN2CCO[C@@H](C)C2)c1=S. The van der Waals surface area contributed by atoms with Crippen molar-refractivity contribution in [1.82, 2.24) is 19.2 Å². The maximum Gasteiger partial charge on any atom is 0.199 e. The first-order valence-electron chi connectivity index (χ1n) is 7.76. The zero-order chi connectivity index (χ0) is 15.5. The van der Waals surface area contributed by atoms with Gasteiger partial charge in [-0.15, -0.1) is 0 Å². The highest BCUT2D eigenvalue weighted by Gasteiger charge is 2.19. The van der Waals surface area contributed by atoms with Crippen molar-refractivity contribution >= 4 is 12.2 Å². The lowest BCUT2D eigenvalue weighted by atomic mass is 10.2. The molecule has 5 nitrogen and oxygen atoms in total. The summed E-state index contributed by atoms with van der Waals surface area (Å²) < 4.78 is 10.4. The van der Waals surface area contributed by atoms with Crippen molar-refractivity contribution in [2.45, 2.75) is 33.2 Å². The molecular formula is C16H22N4OS. The third-order valence-electron chi connectivity index (χ3n) is 3.93. The van der Waals surface area contributed by atoms with Crippen molar-refractivity contribution in [3.05, 3.63) is 35.1 Å². The van der Waals surface area contributed by atoms with Gasteiger partial charge in [-0.05, 0) is 26.1 Å². The van der Waals surface area contributed by atoms with Crippen molar-refractivity contribution in [2.24, 2.45) is 0 Å². The summed E-state index contributed by atoms with van der Waals surface area (Å²) in [6.45, 7) is 8.36. The number of aromatic nitrogens is 3. The molecule has 1 atom stereocenters. The lowest BCUT2D eigenvalue weighted by molar-refractivity contribution is -0.0307. The van der Waals surface area contributed by atoms with Gasteiger partial charge in [0.05, 0.1) is 19.4 Å². The Morgan fingerprint density at radius 1 is 1.32 bits per heavy atom. The van der Waals surface area contributed by atoms with Crippen molar-refractivity contribution in [2.75, 3.05) is 19.7 Å². The van der Waals surface area contributed by atoms with Crippen LogP contribution in [0.5, 0.6) is 0 Å². The number of hydrogen-bond donors (Lipinski definition) is 0. The molecule has 2 heterocycles. The van der Waals surface area contributed by atoms with Crippen LogP contribution in [0.15, 0.2) is 30.3 Å². The molecule has 0 N–H and O–H groups in total. The lowest BCUT2D eigenvalue weighted by Gasteiger charge is -2.30. The summed E-state index contributed by atoms with van der Waals surface area (Å²) >= 11 is 5.62. The van der Waals surface area contributed by atoms with Gasteiger partial charge in [-0.25, -0.2) is 4.68 Å². The van der Waals surface area contributed by atoms with Gasteiger partial charge in [0.25, 0.3) is 0 Å². The number of morpholine rings is 1. The van der Waals surface area contributed by atoms with E-state index in [1.54, 1.807) is 0 Å². The zero-order valence-corrected chi connectivity index (χ0v) is 13.9. The molecular weight excluding hydrogens is 296 g/mol. The average Bonchev–Trinajstić information content (AvgIpc) is 2.84. The standard InChI is InChI=1S/C16H22N4OS/c1-3-19-15(14-7-5-4-6-8-14)17-20(16(19)22)12-18-9-10-21-13(2)11-18/h4-8,13H,3,9-12H2,1-2H3/t13-/m0/s1. The van der Waals surface area contributed by atoms with Crippen molar-refractivity contribution in [3.63, 3.8) is 0 Å². The van der Waals surface area contributed by atoms with E-state index in [-0.39, 0.29) is 6.10 Å². The molecule has 0 spiro atoms. The molecule has 0 amide bonds. The first-order valence-corrected chi connectivity index (χ1v) is 8.17. The summed E-state index contributed by atoms with van der Waals surface area (Å²) in [4.78, 5) is 2.34. The predicted molar refractivity (Wildman–Crippen MR) is 89.1 cm³/mol. The van der Waals surface area contributed by atoms with Crippen LogP contribution in [0.4, 0.5) is 0 Å². The first kappa shape index (κ1) is 15.4. The van der Waals surface area contributed by atoms with Gasteiger partial charge in [-0.2, -0.15) is 5.10 Å². The Morgan fingerprint density at radius 3 is 2.77 bits per heavy atom. The Balaban J connectivity index is 1.89. The molecule has 1 aliphatic rings. The summed E-state index contributed by atoms with van der Waals surface area (Å²) in [6.07, 6.45) is 0.268. The summed E-state index contributed by atoms with van der Waals surface area (Å²) in [5.74, 6) is 0.939. The average molecular weight is 318 g/mol. The molecule has 0 bridgehead atoms. The third-order valence-corrected chi connectivity index (χ3v) is 4.36. The quantitative estimate of drug-likeness (QED) is 0.812. The van der Waals surface area contributed by atoms with Crippen LogP contribution in [0.1, 0.15) is 13.8 Å². The summed E-state index contributed by atoms with van der Waals surface area (Å²) in [5, 5.41) is 4.76. The van der Waals surface area contributed by atoms with Gasteiger partial charge in [0.15, 0.2) is 10.6 Å². The lowest BCUT2D eigenvalue weighted by Crippen LogP contribution is -2.42. The van der Waals surface area contributed by atoms with E-state index in [9.17, 15) is 0 Å². The van der Waals surface area contributed by atoms with Gasteiger partial charge in [0, 0.05) is 25.2 Å². The Hall–Kier alpha value is -1.50. The van der Waals surface area contributed by atoms with Crippen LogP contribution < -0.4 is 0 Å². The summed E-state index contributed by atoms with van der Waals surface area (Å²) in [6, 6.07) is 10.2. The van der Waals surface area contributed by atoms with Crippen LogP contribution in [-0.2, 0) is 18.0 Å². The second-order valence-electron chi connectivity index (χ2n) is 5.62. The van der Waals surface area contributed by atoms with Crippen molar-refractivity contribution in [3.8, 4) is 11.4 Å². The van der Waals surface area contributed by atoms with E-state index >= 15 is 0 Å². The Morgan fingerprint density at radius 2 is 2.09 bits per heavy atom. The molecule has 0 aliphatic carbocycles. The van der Waals surface area contributed by atoms with E-state index in [0.29, 0.717) is 0 Å². The van der Waals surface area contributed by atoms with Crippen LogP contribution in [0, 0.1) is 4.77 Å².